The zero-order valence-electron chi connectivity index (χ0n) is 10.5. The summed E-state index contributed by atoms with van der Waals surface area (Å²) in [7, 11) is 1.62. The van der Waals surface area contributed by atoms with Crippen LogP contribution in [0.1, 0.15) is 24.2 Å². The van der Waals surface area contributed by atoms with E-state index >= 15 is 0 Å². The van der Waals surface area contributed by atoms with Crippen molar-refractivity contribution >= 4 is 23.2 Å². The van der Waals surface area contributed by atoms with Crippen molar-refractivity contribution in [1.82, 2.24) is 4.90 Å². The van der Waals surface area contributed by atoms with Crippen molar-refractivity contribution in [3.05, 3.63) is 38.9 Å². The van der Waals surface area contributed by atoms with Gasteiger partial charge in [-0.3, -0.25) is 14.9 Å². The Balaban J connectivity index is 3.13. The SMILES string of the molecule is CC(C)CN(C)C(=O)c1cccc(Cl)c1[N+](=O)[O-]. The van der Waals surface area contributed by atoms with Gasteiger partial charge in [-0.25, -0.2) is 0 Å². The highest BCUT2D eigenvalue weighted by Gasteiger charge is 2.25. The van der Waals surface area contributed by atoms with E-state index in [2.05, 4.69) is 0 Å². The molecule has 6 heteroatoms. The van der Waals surface area contributed by atoms with E-state index in [4.69, 9.17) is 11.6 Å². The Kier molecular flexibility index (Phi) is 4.67. The largest absolute Gasteiger partial charge is 0.341 e. The fraction of sp³-hybridized carbons (Fsp3) is 0.417. The third-order valence-electron chi connectivity index (χ3n) is 2.39. The lowest BCUT2D eigenvalue weighted by molar-refractivity contribution is -0.385. The highest BCUT2D eigenvalue weighted by molar-refractivity contribution is 6.33. The molecule has 0 atom stereocenters. The molecule has 0 fully saturated rings. The summed E-state index contributed by atoms with van der Waals surface area (Å²) < 4.78 is 0. The van der Waals surface area contributed by atoms with Crippen molar-refractivity contribution in [3.8, 4) is 0 Å². The minimum Gasteiger partial charge on any atom is -0.341 e. The second kappa shape index (κ2) is 5.82. The van der Waals surface area contributed by atoms with Crippen LogP contribution in [0.15, 0.2) is 18.2 Å². The van der Waals surface area contributed by atoms with Gasteiger partial charge in [0, 0.05) is 13.6 Å². The van der Waals surface area contributed by atoms with E-state index in [1.165, 1.54) is 23.1 Å². The number of benzene rings is 1. The molecule has 0 aromatic heterocycles. The Morgan fingerprint density at radius 1 is 1.50 bits per heavy atom. The van der Waals surface area contributed by atoms with Gasteiger partial charge in [-0.1, -0.05) is 31.5 Å². The molecule has 0 aliphatic heterocycles. The molecule has 18 heavy (non-hydrogen) atoms. The molecule has 1 aromatic carbocycles. The van der Waals surface area contributed by atoms with Gasteiger partial charge in [0.2, 0.25) is 0 Å². The van der Waals surface area contributed by atoms with E-state index < -0.39 is 10.8 Å². The number of carbonyl (C=O) groups is 1. The molecule has 0 radical (unpaired) electrons. The Morgan fingerprint density at radius 3 is 2.61 bits per heavy atom. The summed E-state index contributed by atoms with van der Waals surface area (Å²) >= 11 is 5.77. The summed E-state index contributed by atoms with van der Waals surface area (Å²) in [5.74, 6) is -0.102. The fourth-order valence-corrected chi connectivity index (χ4v) is 1.95. The molecule has 0 aliphatic carbocycles. The van der Waals surface area contributed by atoms with E-state index in [1.54, 1.807) is 7.05 Å². The first-order valence-corrected chi connectivity index (χ1v) is 5.90. The second-order valence-electron chi connectivity index (χ2n) is 4.47. The molecule has 1 rings (SSSR count). The molecular formula is C12H15ClN2O3. The monoisotopic (exact) mass is 270 g/mol. The maximum Gasteiger partial charge on any atom is 0.300 e. The number of halogens is 1. The molecule has 0 heterocycles. The van der Waals surface area contributed by atoms with E-state index in [1.807, 2.05) is 13.8 Å². The topological polar surface area (TPSA) is 63.5 Å². The maximum absolute atomic E-state index is 12.1. The molecule has 1 aromatic rings. The smallest absolute Gasteiger partial charge is 0.300 e. The van der Waals surface area contributed by atoms with Gasteiger partial charge in [0.15, 0.2) is 0 Å². The molecule has 1 amide bonds. The zero-order valence-corrected chi connectivity index (χ0v) is 11.3. The van der Waals surface area contributed by atoms with E-state index in [0.29, 0.717) is 6.54 Å². The average molecular weight is 271 g/mol. The third-order valence-corrected chi connectivity index (χ3v) is 2.69. The number of rotatable bonds is 4. The molecule has 0 spiro atoms. The van der Waals surface area contributed by atoms with Crippen molar-refractivity contribution < 1.29 is 9.72 Å². The number of hydrogen-bond acceptors (Lipinski definition) is 3. The molecule has 0 saturated heterocycles. The van der Waals surface area contributed by atoms with Crippen molar-refractivity contribution in [3.63, 3.8) is 0 Å². The molecule has 98 valence electrons. The first-order chi connectivity index (χ1) is 8.34. The number of nitrogens with zero attached hydrogens (tertiary/aromatic N) is 2. The van der Waals surface area contributed by atoms with Crippen LogP contribution in [0.4, 0.5) is 5.69 Å². The van der Waals surface area contributed by atoms with E-state index in [-0.39, 0.29) is 22.2 Å². The van der Waals surface area contributed by atoms with Gasteiger partial charge >= 0.3 is 5.69 Å². The van der Waals surface area contributed by atoms with Gasteiger partial charge in [0.25, 0.3) is 5.91 Å². The van der Waals surface area contributed by atoms with Crippen LogP contribution in [0.5, 0.6) is 0 Å². The Morgan fingerprint density at radius 2 is 2.11 bits per heavy atom. The first-order valence-electron chi connectivity index (χ1n) is 5.53. The number of hydrogen-bond donors (Lipinski definition) is 0. The van der Waals surface area contributed by atoms with Crippen LogP contribution in [-0.4, -0.2) is 29.3 Å². The quantitative estimate of drug-likeness (QED) is 0.624. The number of amides is 1. The number of nitro benzene ring substituents is 1. The van der Waals surface area contributed by atoms with Crippen molar-refractivity contribution in [1.29, 1.82) is 0 Å². The molecular weight excluding hydrogens is 256 g/mol. The van der Waals surface area contributed by atoms with Gasteiger partial charge in [-0.15, -0.1) is 0 Å². The van der Waals surface area contributed by atoms with Gasteiger partial charge in [0.05, 0.1) is 4.92 Å². The highest BCUT2D eigenvalue weighted by atomic mass is 35.5. The van der Waals surface area contributed by atoms with Crippen LogP contribution in [0.25, 0.3) is 0 Å². The molecule has 0 aliphatic rings. The van der Waals surface area contributed by atoms with E-state index in [9.17, 15) is 14.9 Å². The fourth-order valence-electron chi connectivity index (χ4n) is 1.71. The van der Waals surface area contributed by atoms with Crippen LogP contribution in [0, 0.1) is 16.0 Å². The lowest BCUT2D eigenvalue weighted by Crippen LogP contribution is -2.30. The summed E-state index contributed by atoms with van der Waals surface area (Å²) in [6.45, 7) is 4.47. The maximum atomic E-state index is 12.1. The number of para-hydroxylation sites is 1. The van der Waals surface area contributed by atoms with Crippen LogP contribution in [-0.2, 0) is 0 Å². The first kappa shape index (κ1) is 14.4. The lowest BCUT2D eigenvalue weighted by atomic mass is 10.1. The van der Waals surface area contributed by atoms with Crippen LogP contribution < -0.4 is 0 Å². The van der Waals surface area contributed by atoms with Crippen molar-refractivity contribution in [2.45, 2.75) is 13.8 Å². The molecule has 5 nitrogen and oxygen atoms in total. The molecule has 0 N–H and O–H groups in total. The summed E-state index contributed by atoms with van der Waals surface area (Å²) in [6, 6.07) is 4.36. The lowest BCUT2D eigenvalue weighted by Gasteiger charge is -2.19. The summed E-state index contributed by atoms with van der Waals surface area (Å²) in [6.07, 6.45) is 0. The van der Waals surface area contributed by atoms with Crippen molar-refractivity contribution in [2.24, 2.45) is 5.92 Å². The molecule has 0 saturated carbocycles. The Hall–Kier alpha value is -1.62. The molecule has 0 bridgehead atoms. The molecule has 0 unspecified atom stereocenters. The zero-order chi connectivity index (χ0) is 13.9. The summed E-state index contributed by atoms with van der Waals surface area (Å²) in [5, 5.41) is 10.9. The summed E-state index contributed by atoms with van der Waals surface area (Å²) in [5.41, 5.74) is -0.310. The predicted molar refractivity (Wildman–Crippen MR) is 69.9 cm³/mol. The normalized spacial score (nSPS) is 10.5. The van der Waals surface area contributed by atoms with Crippen LogP contribution >= 0.6 is 11.6 Å². The average Bonchev–Trinajstić information content (AvgIpc) is 2.26. The number of carbonyl (C=O) groups excluding carboxylic acids is 1. The Labute approximate surface area is 110 Å². The standard InChI is InChI=1S/C12H15ClN2O3/c1-8(2)7-14(3)12(16)9-5-4-6-10(13)11(9)15(17)18/h4-6,8H,7H2,1-3H3. The van der Waals surface area contributed by atoms with Gasteiger partial charge in [-0.05, 0) is 18.1 Å². The number of nitro groups is 1. The minimum absolute atomic E-state index is 0.0238. The second-order valence-corrected chi connectivity index (χ2v) is 4.88. The third kappa shape index (κ3) is 3.20. The van der Waals surface area contributed by atoms with Gasteiger partial charge in [-0.2, -0.15) is 0 Å². The highest BCUT2D eigenvalue weighted by Crippen LogP contribution is 2.28. The van der Waals surface area contributed by atoms with Crippen LogP contribution in [0.2, 0.25) is 5.02 Å². The van der Waals surface area contributed by atoms with Crippen molar-refractivity contribution in [2.75, 3.05) is 13.6 Å². The minimum atomic E-state index is -0.626. The Bertz CT molecular complexity index is 474. The predicted octanol–water partition coefficient (Wildman–Crippen LogP) is 2.98. The van der Waals surface area contributed by atoms with Gasteiger partial charge < -0.3 is 4.90 Å². The van der Waals surface area contributed by atoms with Crippen LogP contribution in [0.3, 0.4) is 0 Å². The summed E-state index contributed by atoms with van der Waals surface area (Å²) in [4.78, 5) is 23.9. The van der Waals surface area contributed by atoms with E-state index in [0.717, 1.165) is 0 Å². The van der Waals surface area contributed by atoms with Gasteiger partial charge in [0.1, 0.15) is 10.6 Å².